The van der Waals surface area contributed by atoms with Gasteiger partial charge in [-0.3, -0.25) is 14.9 Å². The van der Waals surface area contributed by atoms with E-state index in [4.69, 9.17) is 9.97 Å². The topological polar surface area (TPSA) is 130 Å². The predicted molar refractivity (Wildman–Crippen MR) is 219 cm³/mol. The van der Waals surface area contributed by atoms with E-state index in [1.807, 2.05) is 133 Å². The molecule has 0 saturated heterocycles. The summed E-state index contributed by atoms with van der Waals surface area (Å²) in [6.45, 7) is 1.34. The summed E-state index contributed by atoms with van der Waals surface area (Å²) < 4.78 is 0. The molecule has 55 heavy (non-hydrogen) atoms. The van der Waals surface area contributed by atoms with Crippen molar-refractivity contribution in [3.63, 3.8) is 0 Å². The van der Waals surface area contributed by atoms with Crippen LogP contribution in [-0.2, 0) is 4.79 Å². The van der Waals surface area contributed by atoms with Gasteiger partial charge in [-0.25, -0.2) is 9.97 Å². The Morgan fingerprint density at radius 1 is 0.527 bits per heavy atom. The lowest BCUT2D eigenvalue weighted by Gasteiger charge is -2.09. The van der Waals surface area contributed by atoms with Crippen LogP contribution in [0.1, 0.15) is 29.7 Å². The van der Waals surface area contributed by atoms with E-state index in [1.165, 1.54) is 6.92 Å². The average molecular weight is 717 g/mol. The van der Waals surface area contributed by atoms with Crippen LogP contribution < -0.4 is 5.32 Å². The smallest absolute Gasteiger partial charge is 0.321 e. The number of hydrogen-bond acceptors (Lipinski definition) is 5. The quantitative estimate of drug-likeness (QED) is 0.116. The number of carbonyl (C=O) groups excluding carboxylic acids is 1. The second-order valence-corrected chi connectivity index (χ2v) is 13.2. The van der Waals surface area contributed by atoms with Crippen LogP contribution in [0.5, 0.6) is 0 Å². The maximum Gasteiger partial charge on any atom is 0.321 e. The molecule has 9 nitrogen and oxygen atoms in total. The molecule has 0 radical (unpaired) electrons. The van der Waals surface area contributed by atoms with Crippen LogP contribution in [-0.4, -0.2) is 30.8 Å². The molecule has 264 valence electrons. The van der Waals surface area contributed by atoms with Crippen molar-refractivity contribution in [2.45, 2.75) is 6.92 Å². The van der Waals surface area contributed by atoms with E-state index in [1.54, 1.807) is 0 Å². The normalized spacial score (nSPS) is 12.2. The van der Waals surface area contributed by atoms with Gasteiger partial charge in [0.2, 0.25) is 5.91 Å². The zero-order valence-corrected chi connectivity index (χ0v) is 29.6. The third-order valence-corrected chi connectivity index (χ3v) is 9.73. The molecular weight excluding hydrogens is 685 g/mol. The third-order valence-electron chi connectivity index (χ3n) is 9.73. The molecule has 9 heteroatoms. The van der Waals surface area contributed by atoms with Gasteiger partial charge in [-0.05, 0) is 58.7 Å². The fourth-order valence-electron chi connectivity index (χ4n) is 7.44. The highest BCUT2D eigenvalue weighted by Crippen LogP contribution is 2.42. The summed E-state index contributed by atoms with van der Waals surface area (Å²) in [6.07, 6.45) is 3.86. The number of nitro groups is 1. The summed E-state index contributed by atoms with van der Waals surface area (Å²) in [6, 6.07) is 47.2. The molecule has 2 aliphatic rings. The van der Waals surface area contributed by atoms with Crippen molar-refractivity contribution in [1.82, 2.24) is 25.3 Å². The third kappa shape index (κ3) is 5.99. The highest BCUT2D eigenvalue weighted by Gasteiger charge is 2.36. The standard InChI is InChI=1S/C46H32N6O3/c1-28(53)47-45-43-41(31-18-10-4-11-19-31)37-26-24-35(49-37)39(29-14-6-2-7-15-29)33-22-23-34(48-33)40(30-16-8-3-9-17-30)36-25-27-38(50-36)42(32-20-12-5-13-21-32)44(51-43)46(45)52(54)55/h2-27,48,50H,1H3,(H,47,53). The molecule has 0 atom stereocenters. The molecule has 0 unspecified atom stereocenters. The number of aromatic amines is 2. The number of fused-ring (bicyclic) bond motifs is 8. The highest BCUT2D eigenvalue weighted by atomic mass is 16.6. The number of aromatic nitrogens is 4. The number of nitrogens with one attached hydrogen (secondary N) is 3. The minimum absolute atomic E-state index is 0.00202. The molecule has 3 aromatic heterocycles. The zero-order valence-electron chi connectivity index (χ0n) is 29.6. The molecule has 7 aromatic rings. The first-order chi connectivity index (χ1) is 26.9. The lowest BCUT2D eigenvalue weighted by atomic mass is 10.00. The summed E-state index contributed by atoms with van der Waals surface area (Å²) >= 11 is 0. The number of carbonyl (C=O) groups is 1. The van der Waals surface area contributed by atoms with Gasteiger partial charge in [0.05, 0.1) is 16.3 Å². The lowest BCUT2D eigenvalue weighted by molar-refractivity contribution is -0.374. The average Bonchev–Trinajstić information content (AvgIpc) is 4.03. The van der Waals surface area contributed by atoms with E-state index in [0.29, 0.717) is 33.6 Å². The first kappa shape index (κ1) is 33.2. The van der Waals surface area contributed by atoms with Gasteiger partial charge in [0, 0.05) is 51.2 Å². The van der Waals surface area contributed by atoms with Crippen molar-refractivity contribution in [3.8, 4) is 44.5 Å². The van der Waals surface area contributed by atoms with Gasteiger partial charge in [0.1, 0.15) is 11.4 Å². The van der Waals surface area contributed by atoms with Gasteiger partial charge < -0.3 is 15.3 Å². The number of nitrogens with zero attached hydrogens (tertiary/aromatic N) is 3. The summed E-state index contributed by atoms with van der Waals surface area (Å²) in [5.41, 5.74) is 10.6. The van der Waals surface area contributed by atoms with Crippen LogP contribution in [0.2, 0.25) is 0 Å². The largest absolute Gasteiger partial charge is 0.354 e. The van der Waals surface area contributed by atoms with E-state index >= 15 is 0 Å². The van der Waals surface area contributed by atoms with Crippen molar-refractivity contribution >= 4 is 51.5 Å². The van der Waals surface area contributed by atoms with Crippen LogP contribution in [0, 0.1) is 10.1 Å². The summed E-state index contributed by atoms with van der Waals surface area (Å²) in [5.74, 6) is -0.467. The molecule has 4 aromatic carbocycles. The minimum Gasteiger partial charge on any atom is -0.354 e. The molecule has 0 aliphatic carbocycles. The van der Waals surface area contributed by atoms with Crippen LogP contribution in [0.15, 0.2) is 146 Å². The van der Waals surface area contributed by atoms with Crippen molar-refractivity contribution in [2.75, 3.05) is 0 Å². The number of benzene rings is 4. The number of amides is 1. The van der Waals surface area contributed by atoms with Crippen LogP contribution in [0.25, 0.3) is 90.1 Å². The van der Waals surface area contributed by atoms with E-state index in [0.717, 1.165) is 44.4 Å². The molecule has 0 fully saturated rings. The van der Waals surface area contributed by atoms with Crippen molar-refractivity contribution in [1.29, 1.82) is 0 Å². The van der Waals surface area contributed by atoms with Gasteiger partial charge in [-0.1, -0.05) is 121 Å². The van der Waals surface area contributed by atoms with E-state index < -0.39 is 10.8 Å². The van der Waals surface area contributed by atoms with Crippen LogP contribution >= 0.6 is 0 Å². The van der Waals surface area contributed by atoms with Gasteiger partial charge in [0.15, 0.2) is 5.69 Å². The summed E-state index contributed by atoms with van der Waals surface area (Å²) in [5, 5.41) is 16.1. The second-order valence-electron chi connectivity index (χ2n) is 13.2. The Labute approximate surface area is 315 Å². The fourth-order valence-corrected chi connectivity index (χ4v) is 7.44. The van der Waals surface area contributed by atoms with Gasteiger partial charge in [0.25, 0.3) is 0 Å². The summed E-state index contributed by atoms with van der Waals surface area (Å²) in [7, 11) is 0. The number of hydrogen-bond donors (Lipinski definition) is 3. The van der Waals surface area contributed by atoms with Crippen LogP contribution in [0.3, 0.4) is 0 Å². The van der Waals surface area contributed by atoms with Crippen molar-refractivity contribution in [3.05, 3.63) is 178 Å². The molecule has 8 bridgehead atoms. The molecule has 0 saturated carbocycles. The Morgan fingerprint density at radius 2 is 0.927 bits per heavy atom. The van der Waals surface area contributed by atoms with E-state index in [-0.39, 0.29) is 22.8 Å². The molecule has 5 heterocycles. The Balaban J connectivity index is 1.56. The SMILES string of the molecule is CC(=O)NC1=C([N+](=O)[O-])c2nc1c(-c1ccccc1)c1nc(c(-c3ccccc3)c3ccc([nH]3)c(-c3ccccc3)c3ccc([nH]3)c2-c2ccccc2)C=C1. The summed E-state index contributed by atoms with van der Waals surface area (Å²) in [4.78, 5) is 43.5. The fraction of sp³-hybridized carbons (Fsp3) is 0.0217. The predicted octanol–water partition coefficient (Wildman–Crippen LogP) is 10.4. The molecule has 3 N–H and O–H groups in total. The van der Waals surface area contributed by atoms with Gasteiger partial charge >= 0.3 is 5.70 Å². The molecule has 1 amide bonds. The molecule has 0 spiro atoms. The second kappa shape index (κ2) is 13.7. The van der Waals surface area contributed by atoms with E-state index in [2.05, 4.69) is 39.6 Å². The first-order valence-electron chi connectivity index (χ1n) is 17.8. The molecule has 2 aliphatic heterocycles. The van der Waals surface area contributed by atoms with Crippen molar-refractivity contribution in [2.24, 2.45) is 0 Å². The van der Waals surface area contributed by atoms with Gasteiger partial charge in [-0.2, -0.15) is 0 Å². The molecular formula is C46H32N6O3. The Morgan fingerprint density at radius 3 is 1.40 bits per heavy atom. The van der Waals surface area contributed by atoms with Crippen molar-refractivity contribution < 1.29 is 9.72 Å². The Bertz CT molecular complexity index is 2880. The number of H-pyrrole nitrogens is 2. The maximum absolute atomic E-state index is 13.3. The maximum atomic E-state index is 13.3. The van der Waals surface area contributed by atoms with Gasteiger partial charge in [-0.15, -0.1) is 0 Å². The van der Waals surface area contributed by atoms with E-state index in [9.17, 15) is 14.9 Å². The first-order valence-corrected chi connectivity index (χ1v) is 17.8. The Kier molecular flexibility index (Phi) is 8.28. The minimum atomic E-state index is -0.467. The molecule has 9 rings (SSSR count). The van der Waals surface area contributed by atoms with Crippen LogP contribution in [0.4, 0.5) is 0 Å². The highest BCUT2D eigenvalue weighted by molar-refractivity contribution is 6.05. The lowest BCUT2D eigenvalue weighted by Crippen LogP contribution is -2.20. The number of rotatable bonds is 6. The Hall–Kier alpha value is -7.65. The zero-order chi connectivity index (χ0) is 37.5. The monoisotopic (exact) mass is 716 g/mol.